The normalized spacial score (nSPS) is 19.2. The molecule has 1 fully saturated rings. The molecule has 1 aromatic rings. The van der Waals surface area contributed by atoms with E-state index < -0.39 is 10.7 Å². The summed E-state index contributed by atoms with van der Waals surface area (Å²) < 4.78 is -0.607. The Kier molecular flexibility index (Phi) is 4.33. The van der Waals surface area contributed by atoms with Gasteiger partial charge < -0.3 is 5.11 Å². The third-order valence-corrected chi connectivity index (χ3v) is 5.07. The number of carboxylic acid groups (broad SMARTS) is 1. The average molecular weight is 264 g/mol. The minimum absolute atomic E-state index is 0.607. The molecule has 0 spiro atoms. The van der Waals surface area contributed by atoms with E-state index in [1.165, 1.54) is 18.4 Å². The number of aryl methyl sites for hydroxylation is 1. The molecule has 98 valence electrons. The van der Waals surface area contributed by atoms with Gasteiger partial charge in [-0.3, -0.25) is 4.79 Å². The van der Waals surface area contributed by atoms with Crippen molar-refractivity contribution in [3.63, 3.8) is 0 Å². The van der Waals surface area contributed by atoms with Gasteiger partial charge in [-0.1, -0.05) is 43.4 Å². The van der Waals surface area contributed by atoms with Gasteiger partial charge in [0.25, 0.3) is 0 Å². The Hall–Kier alpha value is -0.960. The van der Waals surface area contributed by atoms with Crippen molar-refractivity contribution in [2.24, 2.45) is 0 Å². The highest BCUT2D eigenvalue weighted by atomic mass is 32.2. The number of rotatable bonds is 3. The molecular weight excluding hydrogens is 244 g/mol. The second-order valence-electron chi connectivity index (χ2n) is 5.13. The molecule has 0 amide bonds. The Labute approximate surface area is 113 Å². The number of thioether (sulfide) groups is 1. The standard InChI is InChI=1S/C15H20O2S/c1-12-7-6-8-13(11-12)18-15(14(16)17)9-4-2-3-5-10-15/h6-8,11H,2-5,9-10H2,1H3,(H,16,17). The summed E-state index contributed by atoms with van der Waals surface area (Å²) in [5.74, 6) is -0.643. The fourth-order valence-corrected chi connectivity index (χ4v) is 3.99. The second-order valence-corrected chi connectivity index (χ2v) is 6.59. The van der Waals surface area contributed by atoms with E-state index in [0.717, 1.165) is 30.6 Å². The van der Waals surface area contributed by atoms with Crippen LogP contribution in [0.25, 0.3) is 0 Å². The first-order valence-corrected chi connectivity index (χ1v) is 7.43. The van der Waals surface area contributed by atoms with Crippen molar-refractivity contribution in [2.45, 2.75) is 55.1 Å². The van der Waals surface area contributed by atoms with Crippen molar-refractivity contribution in [2.75, 3.05) is 0 Å². The van der Waals surface area contributed by atoms with Crippen LogP contribution in [0.1, 0.15) is 44.1 Å². The predicted molar refractivity (Wildman–Crippen MR) is 75.1 cm³/mol. The van der Waals surface area contributed by atoms with E-state index in [1.807, 2.05) is 25.1 Å². The summed E-state index contributed by atoms with van der Waals surface area (Å²) >= 11 is 1.55. The molecule has 3 heteroatoms. The average Bonchev–Trinajstić information content (AvgIpc) is 2.55. The monoisotopic (exact) mass is 264 g/mol. The third-order valence-electron chi connectivity index (χ3n) is 3.60. The molecule has 1 N–H and O–H groups in total. The van der Waals surface area contributed by atoms with Gasteiger partial charge in [0, 0.05) is 4.90 Å². The summed E-state index contributed by atoms with van der Waals surface area (Å²) in [6, 6.07) is 8.15. The Morgan fingerprint density at radius 2 is 1.89 bits per heavy atom. The molecule has 18 heavy (non-hydrogen) atoms. The van der Waals surface area contributed by atoms with Crippen LogP contribution in [0.15, 0.2) is 29.2 Å². The largest absolute Gasteiger partial charge is 0.480 e. The number of hydrogen-bond acceptors (Lipinski definition) is 2. The maximum Gasteiger partial charge on any atom is 0.320 e. The lowest BCUT2D eigenvalue weighted by molar-refractivity contribution is -0.140. The Morgan fingerprint density at radius 3 is 2.44 bits per heavy atom. The summed E-state index contributed by atoms with van der Waals surface area (Å²) in [6.45, 7) is 2.05. The van der Waals surface area contributed by atoms with Gasteiger partial charge >= 0.3 is 5.97 Å². The maximum absolute atomic E-state index is 11.7. The maximum atomic E-state index is 11.7. The Bertz CT molecular complexity index is 420. The fraction of sp³-hybridized carbons (Fsp3) is 0.533. The first-order chi connectivity index (χ1) is 8.62. The van der Waals surface area contributed by atoms with E-state index in [1.54, 1.807) is 11.8 Å². The fourth-order valence-electron chi connectivity index (χ4n) is 2.56. The summed E-state index contributed by atoms with van der Waals surface area (Å²) in [4.78, 5) is 12.8. The molecular formula is C15H20O2S. The van der Waals surface area contributed by atoms with Crippen molar-refractivity contribution < 1.29 is 9.90 Å². The van der Waals surface area contributed by atoms with Gasteiger partial charge in [-0.25, -0.2) is 0 Å². The number of hydrogen-bond donors (Lipinski definition) is 1. The van der Waals surface area contributed by atoms with Crippen LogP contribution < -0.4 is 0 Å². The van der Waals surface area contributed by atoms with Crippen molar-refractivity contribution in [1.29, 1.82) is 0 Å². The van der Waals surface area contributed by atoms with Gasteiger partial charge in [-0.2, -0.15) is 0 Å². The molecule has 2 rings (SSSR count). The van der Waals surface area contributed by atoms with Gasteiger partial charge in [-0.05, 0) is 31.9 Å². The molecule has 1 aliphatic rings. The molecule has 0 aliphatic heterocycles. The minimum Gasteiger partial charge on any atom is -0.480 e. The SMILES string of the molecule is Cc1cccc(SC2(C(=O)O)CCCCCC2)c1. The summed E-state index contributed by atoms with van der Waals surface area (Å²) in [6.07, 6.45) is 5.99. The molecule has 0 bridgehead atoms. The van der Waals surface area contributed by atoms with E-state index >= 15 is 0 Å². The van der Waals surface area contributed by atoms with Crippen LogP contribution in [-0.4, -0.2) is 15.8 Å². The van der Waals surface area contributed by atoms with E-state index in [2.05, 4.69) is 6.07 Å². The van der Waals surface area contributed by atoms with Crippen molar-refractivity contribution in [3.8, 4) is 0 Å². The molecule has 0 saturated heterocycles. The Balaban J connectivity index is 2.22. The zero-order valence-electron chi connectivity index (χ0n) is 10.8. The van der Waals surface area contributed by atoms with Gasteiger partial charge in [0.15, 0.2) is 0 Å². The van der Waals surface area contributed by atoms with Gasteiger partial charge in [0.2, 0.25) is 0 Å². The van der Waals surface area contributed by atoms with Crippen molar-refractivity contribution >= 4 is 17.7 Å². The smallest absolute Gasteiger partial charge is 0.320 e. The van der Waals surface area contributed by atoms with Gasteiger partial charge in [-0.15, -0.1) is 11.8 Å². The lowest BCUT2D eigenvalue weighted by Gasteiger charge is -2.27. The van der Waals surface area contributed by atoms with Crippen LogP contribution in [0.4, 0.5) is 0 Å². The van der Waals surface area contributed by atoms with Crippen LogP contribution in [0.3, 0.4) is 0 Å². The zero-order valence-corrected chi connectivity index (χ0v) is 11.6. The molecule has 0 aromatic heterocycles. The molecule has 1 aromatic carbocycles. The number of carbonyl (C=O) groups is 1. The molecule has 2 nitrogen and oxygen atoms in total. The molecule has 1 aliphatic carbocycles. The molecule has 0 unspecified atom stereocenters. The summed E-state index contributed by atoms with van der Waals surface area (Å²) in [5, 5.41) is 9.62. The minimum atomic E-state index is -0.643. The zero-order chi connectivity index (χ0) is 13.0. The second kappa shape index (κ2) is 5.79. The van der Waals surface area contributed by atoms with Crippen LogP contribution in [0, 0.1) is 6.92 Å². The summed E-state index contributed by atoms with van der Waals surface area (Å²) in [7, 11) is 0. The topological polar surface area (TPSA) is 37.3 Å². The first-order valence-electron chi connectivity index (χ1n) is 6.61. The highest BCUT2D eigenvalue weighted by Gasteiger charge is 2.39. The quantitative estimate of drug-likeness (QED) is 0.829. The Morgan fingerprint density at radius 1 is 1.22 bits per heavy atom. The van der Waals surface area contributed by atoms with Crippen LogP contribution >= 0.6 is 11.8 Å². The molecule has 1 saturated carbocycles. The lowest BCUT2D eigenvalue weighted by Crippen LogP contribution is -2.34. The third kappa shape index (κ3) is 3.08. The first kappa shape index (κ1) is 13.5. The number of aliphatic carboxylic acids is 1. The van der Waals surface area contributed by atoms with Crippen LogP contribution in [0.2, 0.25) is 0 Å². The predicted octanol–water partition coefficient (Wildman–Crippen LogP) is 4.26. The highest BCUT2D eigenvalue weighted by molar-refractivity contribution is 8.01. The van der Waals surface area contributed by atoms with Crippen LogP contribution in [0.5, 0.6) is 0 Å². The molecule has 0 atom stereocenters. The summed E-state index contributed by atoms with van der Waals surface area (Å²) in [5.41, 5.74) is 1.19. The van der Waals surface area contributed by atoms with Crippen molar-refractivity contribution in [1.82, 2.24) is 0 Å². The molecule has 0 radical (unpaired) electrons. The van der Waals surface area contributed by atoms with E-state index in [0.29, 0.717) is 0 Å². The van der Waals surface area contributed by atoms with E-state index in [9.17, 15) is 9.90 Å². The van der Waals surface area contributed by atoms with Gasteiger partial charge in [0.05, 0.1) is 0 Å². The number of carboxylic acids is 1. The molecule has 0 heterocycles. The van der Waals surface area contributed by atoms with Crippen molar-refractivity contribution in [3.05, 3.63) is 29.8 Å². The lowest BCUT2D eigenvalue weighted by atomic mass is 9.99. The van der Waals surface area contributed by atoms with Gasteiger partial charge in [0.1, 0.15) is 4.75 Å². The highest BCUT2D eigenvalue weighted by Crippen LogP contribution is 2.43. The number of benzene rings is 1. The van der Waals surface area contributed by atoms with Crippen LogP contribution in [-0.2, 0) is 4.79 Å². The van der Waals surface area contributed by atoms with E-state index in [4.69, 9.17) is 0 Å². The van der Waals surface area contributed by atoms with E-state index in [-0.39, 0.29) is 0 Å².